The molecule has 0 spiro atoms. The van der Waals surface area contributed by atoms with Gasteiger partial charge in [0.15, 0.2) is 16.7 Å². The number of hydrogen-bond donors (Lipinski definition) is 2. The van der Waals surface area contributed by atoms with Crippen molar-refractivity contribution in [2.24, 2.45) is 4.99 Å². The number of hydrogen-bond acceptors (Lipinski definition) is 6. The third-order valence-electron chi connectivity index (χ3n) is 3.47. The fraction of sp³-hybridized carbons (Fsp3) is 0.111. The highest BCUT2D eigenvalue weighted by atomic mass is 32.2. The summed E-state index contributed by atoms with van der Waals surface area (Å²) in [7, 11) is 3.11. The van der Waals surface area contributed by atoms with Crippen LogP contribution in [0.5, 0.6) is 17.2 Å². The SMILES string of the molecule is COc1cccc(/C=C2\SC(=Nc3ccccc3O)NC2=O)c1OC. The van der Waals surface area contributed by atoms with E-state index < -0.39 is 0 Å². The molecule has 0 radical (unpaired) electrons. The lowest BCUT2D eigenvalue weighted by atomic mass is 10.1. The van der Waals surface area contributed by atoms with E-state index in [1.165, 1.54) is 11.8 Å². The molecule has 2 aromatic carbocycles. The molecule has 0 atom stereocenters. The second-order valence-electron chi connectivity index (χ2n) is 5.05. The van der Waals surface area contributed by atoms with Crippen molar-refractivity contribution in [2.75, 3.05) is 14.2 Å². The Morgan fingerprint density at radius 3 is 2.64 bits per heavy atom. The van der Waals surface area contributed by atoms with Gasteiger partial charge in [-0.05, 0) is 36.0 Å². The summed E-state index contributed by atoms with van der Waals surface area (Å²) in [5.74, 6) is 0.932. The Balaban J connectivity index is 1.91. The first-order chi connectivity index (χ1) is 12.1. The largest absolute Gasteiger partial charge is 0.506 e. The highest BCUT2D eigenvalue weighted by Crippen LogP contribution is 2.36. The van der Waals surface area contributed by atoms with Crippen molar-refractivity contribution in [3.05, 3.63) is 52.9 Å². The molecular weight excluding hydrogens is 340 g/mol. The minimum absolute atomic E-state index is 0.0525. The van der Waals surface area contributed by atoms with Crippen LogP contribution >= 0.6 is 11.8 Å². The van der Waals surface area contributed by atoms with Crippen molar-refractivity contribution in [1.29, 1.82) is 0 Å². The first-order valence-corrected chi connectivity index (χ1v) is 8.22. The molecule has 6 nitrogen and oxygen atoms in total. The van der Waals surface area contributed by atoms with Gasteiger partial charge in [0.25, 0.3) is 5.91 Å². The van der Waals surface area contributed by atoms with Crippen molar-refractivity contribution < 1.29 is 19.4 Å². The van der Waals surface area contributed by atoms with Crippen LogP contribution in [0.4, 0.5) is 5.69 Å². The molecule has 3 rings (SSSR count). The number of phenols is 1. The van der Waals surface area contributed by atoms with Crippen LogP contribution in [0, 0.1) is 0 Å². The first-order valence-electron chi connectivity index (χ1n) is 7.41. The van der Waals surface area contributed by atoms with E-state index >= 15 is 0 Å². The summed E-state index contributed by atoms with van der Waals surface area (Å²) >= 11 is 1.19. The van der Waals surface area contributed by atoms with E-state index in [1.807, 2.05) is 12.1 Å². The van der Waals surface area contributed by atoms with E-state index in [4.69, 9.17) is 9.47 Å². The van der Waals surface area contributed by atoms with Gasteiger partial charge in [-0.3, -0.25) is 4.79 Å². The van der Waals surface area contributed by atoms with Gasteiger partial charge in [-0.15, -0.1) is 0 Å². The van der Waals surface area contributed by atoms with Gasteiger partial charge in [0.1, 0.15) is 11.4 Å². The third-order valence-corrected chi connectivity index (χ3v) is 4.38. The average molecular weight is 356 g/mol. The average Bonchev–Trinajstić information content (AvgIpc) is 2.96. The van der Waals surface area contributed by atoms with Crippen LogP contribution < -0.4 is 14.8 Å². The van der Waals surface area contributed by atoms with Crippen LogP contribution in [0.25, 0.3) is 6.08 Å². The Labute approximate surface area is 149 Å². The highest BCUT2D eigenvalue weighted by molar-refractivity contribution is 8.18. The number of amides is 1. The zero-order valence-electron chi connectivity index (χ0n) is 13.6. The minimum Gasteiger partial charge on any atom is -0.506 e. The monoisotopic (exact) mass is 356 g/mol. The topological polar surface area (TPSA) is 80.2 Å². The number of aromatic hydroxyl groups is 1. The van der Waals surface area contributed by atoms with E-state index in [9.17, 15) is 9.90 Å². The minimum atomic E-state index is -0.260. The number of carbonyl (C=O) groups excluding carboxylic acids is 1. The first kappa shape index (κ1) is 16.9. The van der Waals surface area contributed by atoms with E-state index in [0.29, 0.717) is 27.3 Å². The molecule has 0 aliphatic carbocycles. The Bertz CT molecular complexity index is 877. The predicted molar refractivity (Wildman–Crippen MR) is 98.5 cm³/mol. The maximum Gasteiger partial charge on any atom is 0.264 e. The summed E-state index contributed by atoms with van der Waals surface area (Å²) < 4.78 is 10.6. The smallest absolute Gasteiger partial charge is 0.264 e. The molecule has 0 unspecified atom stereocenters. The highest BCUT2D eigenvalue weighted by Gasteiger charge is 2.25. The zero-order valence-corrected chi connectivity index (χ0v) is 14.5. The molecule has 7 heteroatoms. The summed E-state index contributed by atoms with van der Waals surface area (Å²) in [4.78, 5) is 17.0. The number of aliphatic imine (C=N–C) groups is 1. The van der Waals surface area contributed by atoms with E-state index in [-0.39, 0.29) is 11.7 Å². The Morgan fingerprint density at radius 1 is 1.12 bits per heavy atom. The van der Waals surface area contributed by atoms with Crippen LogP contribution in [-0.2, 0) is 4.79 Å². The van der Waals surface area contributed by atoms with Gasteiger partial charge in [0, 0.05) is 5.56 Å². The fourth-order valence-corrected chi connectivity index (χ4v) is 3.14. The zero-order chi connectivity index (χ0) is 17.8. The number of carbonyl (C=O) groups is 1. The lowest BCUT2D eigenvalue weighted by Crippen LogP contribution is -2.19. The van der Waals surface area contributed by atoms with Gasteiger partial charge in [0.05, 0.1) is 19.1 Å². The normalized spacial score (nSPS) is 17.0. The Kier molecular flexibility index (Phi) is 4.95. The molecular formula is C18H16N2O4S. The summed E-state index contributed by atoms with van der Waals surface area (Å²) in [6.45, 7) is 0. The second-order valence-corrected chi connectivity index (χ2v) is 6.08. The molecule has 128 valence electrons. The van der Waals surface area contributed by atoms with Crippen LogP contribution in [0.2, 0.25) is 0 Å². The number of methoxy groups -OCH3 is 2. The van der Waals surface area contributed by atoms with Crippen molar-refractivity contribution in [3.8, 4) is 17.2 Å². The molecule has 1 amide bonds. The Hall–Kier alpha value is -2.93. The summed E-state index contributed by atoms with van der Waals surface area (Å²) in [5.41, 5.74) is 1.12. The van der Waals surface area contributed by atoms with Gasteiger partial charge in [0.2, 0.25) is 0 Å². The molecule has 2 N–H and O–H groups in total. The van der Waals surface area contributed by atoms with Gasteiger partial charge >= 0.3 is 0 Å². The van der Waals surface area contributed by atoms with Crippen molar-refractivity contribution in [2.45, 2.75) is 0 Å². The lowest BCUT2D eigenvalue weighted by Gasteiger charge is -2.10. The van der Waals surface area contributed by atoms with Crippen LogP contribution in [0.3, 0.4) is 0 Å². The summed E-state index contributed by atoms with van der Waals surface area (Å²) in [5, 5.41) is 12.9. The maximum atomic E-state index is 12.2. The second kappa shape index (κ2) is 7.31. The number of ether oxygens (including phenoxy) is 2. The molecule has 2 aromatic rings. The van der Waals surface area contributed by atoms with E-state index in [0.717, 1.165) is 5.56 Å². The summed E-state index contributed by atoms with van der Waals surface area (Å²) in [6.07, 6.45) is 1.72. The molecule has 0 bridgehead atoms. The summed E-state index contributed by atoms with van der Waals surface area (Å²) in [6, 6.07) is 12.1. The maximum absolute atomic E-state index is 12.2. The number of para-hydroxylation sites is 3. The number of rotatable bonds is 4. The van der Waals surface area contributed by atoms with Crippen LogP contribution in [-0.4, -0.2) is 30.4 Å². The molecule has 0 saturated carbocycles. The van der Waals surface area contributed by atoms with E-state index in [1.54, 1.807) is 50.6 Å². The standard InChI is InChI=1S/C18H16N2O4S/c1-23-14-9-5-6-11(16(14)24-2)10-15-17(22)20-18(25-15)19-12-7-3-4-8-13(12)21/h3-10,21H,1-2H3,(H,19,20,22)/b15-10-. The molecule has 1 heterocycles. The molecule has 1 fully saturated rings. The molecule has 1 aliphatic rings. The third kappa shape index (κ3) is 3.61. The van der Waals surface area contributed by atoms with Crippen LogP contribution in [0.1, 0.15) is 5.56 Å². The van der Waals surface area contributed by atoms with E-state index in [2.05, 4.69) is 10.3 Å². The number of amidine groups is 1. The van der Waals surface area contributed by atoms with Gasteiger partial charge in [-0.2, -0.15) is 0 Å². The van der Waals surface area contributed by atoms with Crippen LogP contribution in [0.15, 0.2) is 52.4 Å². The number of phenolic OH excluding ortho intramolecular Hbond substituents is 1. The molecule has 1 aliphatic heterocycles. The number of benzene rings is 2. The van der Waals surface area contributed by atoms with Gasteiger partial charge < -0.3 is 19.9 Å². The molecule has 1 saturated heterocycles. The number of nitrogens with zero attached hydrogens (tertiary/aromatic N) is 1. The van der Waals surface area contributed by atoms with Gasteiger partial charge in [-0.1, -0.05) is 24.3 Å². The molecule has 0 aromatic heterocycles. The Morgan fingerprint density at radius 2 is 1.92 bits per heavy atom. The lowest BCUT2D eigenvalue weighted by molar-refractivity contribution is -0.115. The van der Waals surface area contributed by atoms with Gasteiger partial charge in [-0.25, -0.2) is 4.99 Å². The quantitative estimate of drug-likeness (QED) is 0.822. The number of nitrogens with one attached hydrogen (secondary N) is 1. The number of thioether (sulfide) groups is 1. The van der Waals surface area contributed by atoms with Crippen molar-refractivity contribution in [3.63, 3.8) is 0 Å². The molecule has 25 heavy (non-hydrogen) atoms. The van der Waals surface area contributed by atoms with Crippen molar-refractivity contribution in [1.82, 2.24) is 5.32 Å². The predicted octanol–water partition coefficient (Wildman–Crippen LogP) is 3.30. The fourth-order valence-electron chi connectivity index (χ4n) is 2.32. The van der Waals surface area contributed by atoms with Crippen molar-refractivity contribution >= 4 is 34.6 Å².